The first-order chi connectivity index (χ1) is 10.2. The quantitative estimate of drug-likeness (QED) is 0.641. The monoisotopic (exact) mass is 289 g/mol. The van der Waals surface area contributed by atoms with Crippen molar-refractivity contribution in [2.45, 2.75) is 18.9 Å². The van der Waals surface area contributed by atoms with E-state index in [1.54, 1.807) is 18.2 Å². The van der Waals surface area contributed by atoms with Crippen molar-refractivity contribution < 1.29 is 13.9 Å². The van der Waals surface area contributed by atoms with Gasteiger partial charge in [0, 0.05) is 19.4 Å². The van der Waals surface area contributed by atoms with Crippen molar-refractivity contribution in [2.24, 2.45) is 0 Å². The predicted octanol–water partition coefficient (Wildman–Crippen LogP) is 1.94. The van der Waals surface area contributed by atoms with Gasteiger partial charge in [-0.3, -0.25) is 4.79 Å². The first-order valence-corrected chi connectivity index (χ1v) is 6.72. The lowest BCUT2D eigenvalue weighted by Crippen LogP contribution is -2.32. The molecule has 6 heteroatoms. The van der Waals surface area contributed by atoms with E-state index in [1.807, 2.05) is 0 Å². The maximum Gasteiger partial charge on any atom is 0.263 e. The van der Waals surface area contributed by atoms with Crippen LogP contribution in [0.4, 0.5) is 10.1 Å². The summed E-state index contributed by atoms with van der Waals surface area (Å²) in [6.45, 7) is 1.08. The van der Waals surface area contributed by atoms with Crippen LogP contribution >= 0.6 is 0 Å². The van der Waals surface area contributed by atoms with Crippen molar-refractivity contribution in [3.05, 3.63) is 41.9 Å². The highest BCUT2D eigenvalue weighted by molar-refractivity contribution is 5.97. The van der Waals surface area contributed by atoms with Gasteiger partial charge in [-0.1, -0.05) is 12.1 Å². The van der Waals surface area contributed by atoms with E-state index in [-0.39, 0.29) is 17.4 Å². The summed E-state index contributed by atoms with van der Waals surface area (Å²) in [4.78, 5) is 11.8. The number of halogens is 1. The third-order valence-electron chi connectivity index (χ3n) is 3.13. The number of para-hydroxylation sites is 1. The molecule has 0 bridgehead atoms. The fourth-order valence-corrected chi connectivity index (χ4v) is 1.98. The van der Waals surface area contributed by atoms with Gasteiger partial charge in [0.05, 0.1) is 11.8 Å². The van der Waals surface area contributed by atoms with E-state index in [0.717, 1.165) is 12.8 Å². The van der Waals surface area contributed by atoms with Crippen molar-refractivity contribution in [3.63, 3.8) is 0 Å². The van der Waals surface area contributed by atoms with E-state index in [1.165, 1.54) is 18.3 Å². The van der Waals surface area contributed by atoms with Crippen LogP contribution in [0, 0.1) is 17.1 Å². The molecule has 1 unspecified atom stereocenters. The molecule has 1 aliphatic heterocycles. The molecule has 1 atom stereocenters. The molecule has 1 fully saturated rings. The topological polar surface area (TPSA) is 74.2 Å². The van der Waals surface area contributed by atoms with E-state index in [9.17, 15) is 9.18 Å². The third-order valence-corrected chi connectivity index (χ3v) is 3.13. The van der Waals surface area contributed by atoms with Crippen molar-refractivity contribution >= 4 is 11.6 Å². The lowest BCUT2D eigenvalue weighted by molar-refractivity contribution is -0.117. The number of nitrogens with zero attached hydrogens (tertiary/aromatic N) is 1. The molecule has 1 amide bonds. The Hall–Kier alpha value is -2.39. The van der Waals surface area contributed by atoms with Crippen molar-refractivity contribution in [1.82, 2.24) is 5.32 Å². The minimum Gasteiger partial charge on any atom is -0.376 e. The number of nitriles is 1. The van der Waals surface area contributed by atoms with Gasteiger partial charge in [-0.2, -0.15) is 5.26 Å². The number of hydrogen-bond donors (Lipinski definition) is 2. The number of amides is 1. The number of carbonyl (C=O) groups excluding carboxylic acids is 1. The van der Waals surface area contributed by atoms with Gasteiger partial charge >= 0.3 is 0 Å². The standard InChI is InChI=1S/C15H16FN3O2/c16-13-5-1-2-6-14(13)18-9-11(8-17)15(20)19-10-12-4-3-7-21-12/h1-2,5-6,9,12,18H,3-4,7,10H2,(H,19,20)/b11-9-. The molecule has 0 radical (unpaired) electrons. The third kappa shape index (κ3) is 4.29. The number of ether oxygens (including phenoxy) is 1. The maximum atomic E-state index is 13.4. The zero-order valence-electron chi connectivity index (χ0n) is 11.4. The molecule has 0 aliphatic carbocycles. The summed E-state index contributed by atoms with van der Waals surface area (Å²) >= 11 is 0. The second-order valence-corrected chi connectivity index (χ2v) is 4.64. The van der Waals surface area contributed by atoms with Gasteiger partial charge in [0.25, 0.3) is 5.91 Å². The summed E-state index contributed by atoms with van der Waals surface area (Å²) < 4.78 is 18.8. The molecular formula is C15H16FN3O2. The average molecular weight is 289 g/mol. The summed E-state index contributed by atoms with van der Waals surface area (Å²) in [5.41, 5.74) is 0.0911. The highest BCUT2D eigenvalue weighted by Gasteiger charge is 2.17. The Morgan fingerprint density at radius 1 is 1.52 bits per heavy atom. The zero-order chi connectivity index (χ0) is 15.1. The number of rotatable bonds is 5. The fraction of sp³-hybridized carbons (Fsp3) is 0.333. The molecule has 21 heavy (non-hydrogen) atoms. The van der Waals surface area contributed by atoms with Crippen molar-refractivity contribution in [1.29, 1.82) is 5.26 Å². The van der Waals surface area contributed by atoms with Crippen LogP contribution in [0.25, 0.3) is 0 Å². The molecule has 0 saturated carbocycles. The van der Waals surface area contributed by atoms with Gasteiger partial charge in [-0.05, 0) is 25.0 Å². The Kier molecular flexibility index (Phi) is 5.29. The Morgan fingerprint density at radius 2 is 2.33 bits per heavy atom. The van der Waals surface area contributed by atoms with E-state index in [2.05, 4.69) is 10.6 Å². The van der Waals surface area contributed by atoms with Gasteiger partial charge in [0.2, 0.25) is 0 Å². The number of nitrogens with one attached hydrogen (secondary N) is 2. The van der Waals surface area contributed by atoms with Crippen LogP contribution in [0.5, 0.6) is 0 Å². The molecule has 5 nitrogen and oxygen atoms in total. The summed E-state index contributed by atoms with van der Waals surface area (Å²) in [6, 6.07) is 7.82. The fourth-order valence-electron chi connectivity index (χ4n) is 1.98. The van der Waals surface area contributed by atoms with E-state index < -0.39 is 11.7 Å². The predicted molar refractivity (Wildman–Crippen MR) is 75.7 cm³/mol. The number of hydrogen-bond acceptors (Lipinski definition) is 4. The summed E-state index contributed by atoms with van der Waals surface area (Å²) in [5.74, 6) is -0.956. The molecule has 0 spiro atoms. The Morgan fingerprint density at radius 3 is 3.00 bits per heavy atom. The molecular weight excluding hydrogens is 273 g/mol. The first kappa shape index (κ1) is 15.0. The molecule has 0 aromatic heterocycles. The summed E-state index contributed by atoms with van der Waals surface area (Å²) in [7, 11) is 0. The van der Waals surface area contributed by atoms with Gasteiger partial charge in [0.15, 0.2) is 0 Å². The Balaban J connectivity index is 1.92. The highest BCUT2D eigenvalue weighted by atomic mass is 19.1. The van der Waals surface area contributed by atoms with Crippen LogP contribution in [0.15, 0.2) is 36.0 Å². The zero-order valence-corrected chi connectivity index (χ0v) is 11.4. The van der Waals surface area contributed by atoms with E-state index >= 15 is 0 Å². The molecule has 2 rings (SSSR count). The molecule has 1 aliphatic rings. The highest BCUT2D eigenvalue weighted by Crippen LogP contribution is 2.13. The molecule has 1 aromatic rings. The van der Waals surface area contributed by atoms with Crippen LogP contribution in [-0.2, 0) is 9.53 Å². The van der Waals surface area contributed by atoms with Crippen LogP contribution < -0.4 is 10.6 Å². The van der Waals surface area contributed by atoms with Crippen LogP contribution in [0.2, 0.25) is 0 Å². The Labute approximate surface area is 122 Å². The Bertz CT molecular complexity index is 575. The van der Waals surface area contributed by atoms with Gasteiger partial charge in [0.1, 0.15) is 17.5 Å². The lowest BCUT2D eigenvalue weighted by atomic mass is 10.2. The molecule has 1 saturated heterocycles. The van der Waals surface area contributed by atoms with E-state index in [0.29, 0.717) is 13.2 Å². The van der Waals surface area contributed by atoms with Crippen LogP contribution in [0.3, 0.4) is 0 Å². The van der Waals surface area contributed by atoms with Gasteiger partial charge < -0.3 is 15.4 Å². The molecule has 2 N–H and O–H groups in total. The van der Waals surface area contributed by atoms with Crippen molar-refractivity contribution in [3.8, 4) is 6.07 Å². The second kappa shape index (κ2) is 7.41. The van der Waals surface area contributed by atoms with Crippen LogP contribution in [0.1, 0.15) is 12.8 Å². The molecule has 1 aromatic carbocycles. The molecule has 1 heterocycles. The smallest absolute Gasteiger partial charge is 0.263 e. The van der Waals surface area contributed by atoms with Crippen molar-refractivity contribution in [2.75, 3.05) is 18.5 Å². The summed E-state index contributed by atoms with van der Waals surface area (Å²) in [6.07, 6.45) is 3.09. The molecule has 110 valence electrons. The SMILES string of the molecule is N#C/C(=C/Nc1ccccc1F)C(=O)NCC1CCCO1. The minimum absolute atomic E-state index is 0.00780. The largest absolute Gasteiger partial charge is 0.376 e. The summed E-state index contributed by atoms with van der Waals surface area (Å²) in [5, 5.41) is 14.3. The van der Waals surface area contributed by atoms with Gasteiger partial charge in [-0.25, -0.2) is 4.39 Å². The second-order valence-electron chi connectivity index (χ2n) is 4.64. The average Bonchev–Trinajstić information content (AvgIpc) is 3.01. The maximum absolute atomic E-state index is 13.4. The first-order valence-electron chi connectivity index (χ1n) is 6.72. The van der Waals surface area contributed by atoms with E-state index in [4.69, 9.17) is 10.00 Å². The lowest BCUT2D eigenvalue weighted by Gasteiger charge is -2.10. The number of anilines is 1. The number of benzene rings is 1. The number of carbonyl (C=O) groups is 1. The minimum atomic E-state index is -0.503. The van der Waals surface area contributed by atoms with Gasteiger partial charge in [-0.15, -0.1) is 0 Å². The normalized spacial score (nSPS) is 18.1. The van der Waals surface area contributed by atoms with Crippen LogP contribution in [-0.4, -0.2) is 25.2 Å².